The number of benzene rings is 1. The van der Waals surface area contributed by atoms with Crippen LogP contribution in [0.1, 0.15) is 0 Å². The van der Waals surface area contributed by atoms with Gasteiger partial charge in [-0.15, -0.1) is 0 Å². The molecule has 108 valence electrons. The molecule has 0 aliphatic carbocycles. The molecule has 0 bridgehead atoms. The normalized spacial score (nSPS) is 11.3. The van der Waals surface area contributed by atoms with Crippen LogP contribution in [-0.4, -0.2) is 46.2 Å². The molecule has 1 aromatic rings. The summed E-state index contributed by atoms with van der Waals surface area (Å²) < 4.78 is 66.3. The fraction of sp³-hybridized carbons (Fsp3) is 0.222. The van der Waals surface area contributed by atoms with Crippen LogP contribution in [0.25, 0.3) is 0 Å². The second kappa shape index (κ2) is 7.54. The van der Waals surface area contributed by atoms with Gasteiger partial charge in [-0.05, 0) is 12.1 Å². The molecule has 1 rings (SSSR count). The third kappa shape index (κ3) is 8.06. The van der Waals surface area contributed by atoms with E-state index < -0.39 is 29.2 Å². The van der Waals surface area contributed by atoms with Crippen molar-refractivity contribution in [2.45, 2.75) is 6.18 Å². The van der Waals surface area contributed by atoms with Crippen molar-refractivity contribution in [1.82, 2.24) is 4.72 Å². The summed E-state index contributed by atoms with van der Waals surface area (Å²) in [4.78, 5) is 11.1. The average molecular weight is 307 g/mol. The van der Waals surface area contributed by atoms with Gasteiger partial charge in [0.05, 0.1) is 0 Å². The predicted octanol–water partition coefficient (Wildman–Crippen LogP) is 0.950. The Morgan fingerprint density at radius 2 is 1.75 bits per heavy atom. The van der Waals surface area contributed by atoms with E-state index >= 15 is 0 Å². The molecule has 20 heavy (non-hydrogen) atoms. The minimum absolute atomic E-state index is 0. The first-order valence-electron chi connectivity index (χ1n) is 4.69. The van der Waals surface area contributed by atoms with Gasteiger partial charge in [-0.25, -0.2) is 8.98 Å². The Labute approximate surface area is 124 Å². The van der Waals surface area contributed by atoms with Crippen LogP contribution in [0.2, 0.25) is 0 Å². The monoisotopic (exact) mass is 307 g/mol. The Hall–Kier alpha value is -1.21. The molecule has 11 heteroatoms. The van der Waals surface area contributed by atoms with Crippen molar-refractivity contribution < 1.29 is 35.3 Å². The number of hydrogen-bond donors (Lipinski definition) is 1. The van der Waals surface area contributed by atoms with Gasteiger partial charge in [0.2, 0.25) is 0 Å². The molecule has 0 saturated heterocycles. The summed E-state index contributed by atoms with van der Waals surface area (Å²) in [6.07, 6.45) is -6.31. The average Bonchev–Trinajstić information content (AvgIpc) is 2.26. The number of amides is 1. The van der Waals surface area contributed by atoms with Gasteiger partial charge in [-0.3, -0.25) is 0 Å². The second-order valence-electron chi connectivity index (χ2n) is 3.14. The molecule has 0 unspecified atom stereocenters. The Balaban J connectivity index is 0.00000361. The van der Waals surface area contributed by atoms with Gasteiger partial charge in [0.15, 0.2) is 6.61 Å². The van der Waals surface area contributed by atoms with Gasteiger partial charge in [0.1, 0.15) is 5.75 Å². The molecule has 0 fully saturated rings. The summed E-state index contributed by atoms with van der Waals surface area (Å²) in [5, 5.41) is 0. The first kappa shape index (κ1) is 18.8. The molecule has 0 spiro atoms. The zero-order valence-electron chi connectivity index (χ0n) is 9.18. The second-order valence-corrected chi connectivity index (χ2v) is 4.48. The first-order chi connectivity index (χ1) is 8.68. The van der Waals surface area contributed by atoms with Gasteiger partial charge >= 0.3 is 41.4 Å². The van der Waals surface area contributed by atoms with E-state index in [0.717, 1.165) is 0 Å². The molecule has 0 aromatic heterocycles. The van der Waals surface area contributed by atoms with Crippen LogP contribution in [-0.2, 0) is 14.5 Å². The van der Waals surface area contributed by atoms with Crippen molar-refractivity contribution >= 4 is 35.3 Å². The topological polar surface area (TPSA) is 81.7 Å². The number of ether oxygens (including phenoxy) is 1. The zero-order valence-corrected chi connectivity index (χ0v) is 9.99. The number of carbonyl (C=O) groups excluding carboxylic acids is 1. The van der Waals surface area contributed by atoms with Crippen LogP contribution in [0.4, 0.5) is 18.0 Å². The molecular formula is C9H9F3LiNO5S. The van der Waals surface area contributed by atoms with Crippen molar-refractivity contribution in [3.05, 3.63) is 30.3 Å². The van der Waals surface area contributed by atoms with E-state index in [2.05, 4.69) is 8.92 Å². The molecule has 6 nitrogen and oxygen atoms in total. The van der Waals surface area contributed by atoms with Crippen LogP contribution in [0.5, 0.6) is 5.75 Å². The van der Waals surface area contributed by atoms with Gasteiger partial charge in [-0.1, -0.05) is 18.2 Å². The molecule has 0 atom stereocenters. The van der Waals surface area contributed by atoms with Crippen molar-refractivity contribution in [3.63, 3.8) is 0 Å². The van der Waals surface area contributed by atoms with Crippen LogP contribution in [0.15, 0.2) is 30.3 Å². The van der Waals surface area contributed by atoms with E-state index in [1.807, 2.05) is 0 Å². The third-order valence-electron chi connectivity index (χ3n) is 1.54. The van der Waals surface area contributed by atoms with Crippen molar-refractivity contribution in [3.8, 4) is 5.75 Å². The molecule has 0 heterocycles. The number of para-hydroxylation sites is 1. The van der Waals surface area contributed by atoms with Crippen LogP contribution in [0.3, 0.4) is 0 Å². The summed E-state index contributed by atoms with van der Waals surface area (Å²) in [5.41, 5.74) is 0. The van der Waals surface area contributed by atoms with Gasteiger partial charge in [-0.2, -0.15) is 26.3 Å². The summed E-state index contributed by atoms with van der Waals surface area (Å²) in [6, 6.07) is 7.34. The Morgan fingerprint density at radius 3 is 2.25 bits per heavy atom. The Kier molecular flexibility index (Phi) is 7.08. The molecule has 0 aliphatic heterocycles. The van der Waals surface area contributed by atoms with E-state index in [4.69, 9.17) is 0 Å². The third-order valence-corrected chi connectivity index (χ3v) is 2.38. The molecule has 0 radical (unpaired) electrons. The number of hydrogen-bond acceptors (Lipinski definition) is 5. The molecule has 1 N–H and O–H groups in total. The standard InChI is InChI=1S/C9H8F3NO5S.Li.H/c10-9(11,12)6-17-19(15,16)13-8(14)18-7-4-2-1-3-5-7;;/h1-5H,6H2,(H,13,14);;. The van der Waals surface area contributed by atoms with Gasteiger partial charge < -0.3 is 4.74 Å². The SMILES string of the molecule is O=C(NS(=O)(=O)OCC(F)(F)F)Oc1ccccc1.[LiH]. The van der Waals surface area contributed by atoms with E-state index in [9.17, 15) is 26.4 Å². The first-order valence-corrected chi connectivity index (χ1v) is 6.09. The van der Waals surface area contributed by atoms with Crippen molar-refractivity contribution in [2.24, 2.45) is 0 Å². The van der Waals surface area contributed by atoms with E-state index in [1.54, 1.807) is 6.07 Å². The van der Waals surface area contributed by atoms with E-state index in [0.29, 0.717) is 0 Å². The number of rotatable bonds is 4. The summed E-state index contributed by atoms with van der Waals surface area (Å²) in [6.45, 7) is -2.04. The molecule has 1 aromatic carbocycles. The summed E-state index contributed by atoms with van der Waals surface area (Å²) in [7, 11) is -4.88. The van der Waals surface area contributed by atoms with Crippen molar-refractivity contribution in [2.75, 3.05) is 6.61 Å². The molecule has 0 aliphatic rings. The molecule has 0 saturated carbocycles. The zero-order chi connectivity index (χ0) is 14.5. The van der Waals surface area contributed by atoms with Crippen LogP contribution < -0.4 is 9.46 Å². The Morgan fingerprint density at radius 1 is 1.20 bits per heavy atom. The molecular weight excluding hydrogens is 298 g/mol. The predicted molar refractivity (Wildman–Crippen MR) is 63.7 cm³/mol. The van der Waals surface area contributed by atoms with E-state index in [1.165, 1.54) is 29.0 Å². The number of carbonyl (C=O) groups is 1. The van der Waals surface area contributed by atoms with Gasteiger partial charge in [0, 0.05) is 0 Å². The maximum absolute atomic E-state index is 11.7. The summed E-state index contributed by atoms with van der Waals surface area (Å²) in [5.74, 6) is 0.0195. The van der Waals surface area contributed by atoms with E-state index in [-0.39, 0.29) is 24.6 Å². The Bertz CT molecular complexity index is 534. The maximum atomic E-state index is 11.7. The van der Waals surface area contributed by atoms with Crippen molar-refractivity contribution in [1.29, 1.82) is 0 Å². The quantitative estimate of drug-likeness (QED) is 0.838. The fourth-order valence-electron chi connectivity index (χ4n) is 0.892. The number of nitrogens with one attached hydrogen (secondary N) is 1. The molecule has 1 amide bonds. The van der Waals surface area contributed by atoms with Crippen LogP contribution >= 0.6 is 0 Å². The minimum atomic E-state index is -4.88. The number of halogens is 3. The fourth-order valence-corrected chi connectivity index (χ4v) is 1.49. The van der Waals surface area contributed by atoms with Crippen LogP contribution in [0, 0.1) is 0 Å². The number of alkyl halides is 3. The van der Waals surface area contributed by atoms with Gasteiger partial charge in [0.25, 0.3) is 0 Å². The summed E-state index contributed by atoms with van der Waals surface area (Å²) >= 11 is 0.